The highest BCUT2D eigenvalue weighted by atomic mass is 32.2. The Morgan fingerprint density at radius 3 is 2.38 bits per heavy atom. The number of carbonyl (C=O) groups is 1. The molecule has 4 rings (SSSR count). The van der Waals surface area contributed by atoms with Crippen molar-refractivity contribution in [1.29, 1.82) is 0 Å². The van der Waals surface area contributed by atoms with Gasteiger partial charge in [0.25, 0.3) is 0 Å². The number of esters is 1. The van der Waals surface area contributed by atoms with Crippen molar-refractivity contribution in [2.45, 2.75) is 24.7 Å². The van der Waals surface area contributed by atoms with Gasteiger partial charge in [0.1, 0.15) is 17.1 Å². The van der Waals surface area contributed by atoms with Crippen LogP contribution in [0.3, 0.4) is 0 Å². The normalized spacial score (nSPS) is 11.6. The second kappa shape index (κ2) is 9.66. The van der Waals surface area contributed by atoms with Crippen molar-refractivity contribution in [3.8, 4) is 11.5 Å². The summed E-state index contributed by atoms with van der Waals surface area (Å²) in [6.45, 7) is 1.96. The number of carbonyl (C=O) groups excluding carboxylic acids is 1. The number of sulfonamides is 1. The van der Waals surface area contributed by atoms with Crippen LogP contribution in [-0.2, 0) is 14.8 Å². The Labute approximate surface area is 196 Å². The lowest BCUT2D eigenvalue weighted by Gasteiger charge is -2.08. The van der Waals surface area contributed by atoms with Crippen LogP contribution >= 0.6 is 0 Å². The summed E-state index contributed by atoms with van der Waals surface area (Å²) in [7, 11) is -2.12. The molecule has 0 saturated heterocycles. The van der Waals surface area contributed by atoms with Gasteiger partial charge in [-0.2, -0.15) is 0 Å². The Morgan fingerprint density at radius 1 is 0.941 bits per heavy atom. The lowest BCUT2D eigenvalue weighted by atomic mass is 10.1. The summed E-state index contributed by atoms with van der Waals surface area (Å²) >= 11 is 0. The summed E-state index contributed by atoms with van der Waals surface area (Å²) in [4.78, 5) is 24.8. The van der Waals surface area contributed by atoms with Gasteiger partial charge in [-0.3, -0.25) is 4.79 Å². The molecule has 8 nitrogen and oxygen atoms in total. The molecule has 0 saturated carbocycles. The molecule has 3 aromatic carbocycles. The van der Waals surface area contributed by atoms with E-state index in [1.54, 1.807) is 42.5 Å². The van der Waals surface area contributed by atoms with Crippen molar-refractivity contribution in [2.75, 3.05) is 13.7 Å². The number of fused-ring (bicyclic) bond motifs is 3. The molecule has 0 fully saturated rings. The Bertz CT molecular complexity index is 1520. The van der Waals surface area contributed by atoms with Crippen LogP contribution < -0.4 is 19.8 Å². The average molecular weight is 482 g/mol. The first-order valence-electron chi connectivity index (χ1n) is 10.6. The maximum Gasteiger partial charge on any atom is 0.344 e. The molecule has 0 atom stereocenters. The molecule has 0 aliphatic rings. The van der Waals surface area contributed by atoms with Crippen LogP contribution in [-0.4, -0.2) is 28.0 Å². The predicted octanol–water partition coefficient (Wildman–Crippen LogP) is 3.93. The molecule has 34 heavy (non-hydrogen) atoms. The monoisotopic (exact) mass is 481 g/mol. The number of hydrogen-bond acceptors (Lipinski definition) is 7. The van der Waals surface area contributed by atoms with E-state index in [1.165, 1.54) is 25.3 Å². The molecule has 0 unspecified atom stereocenters. The molecule has 0 spiro atoms. The summed E-state index contributed by atoms with van der Waals surface area (Å²) in [6, 6.07) is 16.5. The number of aryl methyl sites for hydroxylation is 1. The number of nitrogens with one attached hydrogen (secondary N) is 1. The minimum atomic E-state index is -3.64. The van der Waals surface area contributed by atoms with Crippen LogP contribution in [0.25, 0.3) is 21.7 Å². The highest BCUT2D eigenvalue weighted by Gasteiger charge is 2.14. The number of ether oxygens (including phenoxy) is 2. The topological polar surface area (TPSA) is 112 Å². The van der Waals surface area contributed by atoms with E-state index in [2.05, 4.69) is 4.72 Å². The standard InChI is InChI=1S/C25H23NO7S/c1-16-5-9-19(10-6-16)34(29,30)26-13-3-4-24(27)32-18-8-12-21-20-11-7-17(31-2)14-22(20)25(28)33-23(21)15-18/h5-12,14-15,26H,3-4,13H2,1-2H3. The number of hydrogen-bond donors (Lipinski definition) is 1. The zero-order chi connectivity index (χ0) is 24.3. The second-order valence-electron chi connectivity index (χ2n) is 7.75. The lowest BCUT2D eigenvalue weighted by molar-refractivity contribution is -0.134. The van der Waals surface area contributed by atoms with Crippen molar-refractivity contribution in [3.63, 3.8) is 0 Å². The number of methoxy groups -OCH3 is 1. The first-order chi connectivity index (χ1) is 16.3. The average Bonchev–Trinajstić information content (AvgIpc) is 2.82. The first kappa shape index (κ1) is 23.5. The maximum absolute atomic E-state index is 12.4. The molecule has 1 heterocycles. The fourth-order valence-corrected chi connectivity index (χ4v) is 4.58. The summed E-state index contributed by atoms with van der Waals surface area (Å²) < 4.78 is 43.0. The van der Waals surface area contributed by atoms with Crippen LogP contribution in [0, 0.1) is 6.92 Å². The number of benzene rings is 3. The summed E-state index contributed by atoms with van der Waals surface area (Å²) in [6.07, 6.45) is 0.273. The molecular weight excluding hydrogens is 458 g/mol. The van der Waals surface area contributed by atoms with Crippen molar-refractivity contribution in [2.24, 2.45) is 0 Å². The smallest absolute Gasteiger partial charge is 0.344 e. The Kier molecular flexibility index (Phi) is 6.67. The van der Waals surface area contributed by atoms with E-state index in [-0.39, 0.29) is 30.0 Å². The molecule has 4 aromatic rings. The first-order valence-corrected chi connectivity index (χ1v) is 12.1. The molecule has 0 radical (unpaired) electrons. The highest BCUT2D eigenvalue weighted by molar-refractivity contribution is 7.89. The van der Waals surface area contributed by atoms with Crippen LogP contribution in [0.15, 0.2) is 74.8 Å². The van der Waals surface area contributed by atoms with Gasteiger partial charge < -0.3 is 13.9 Å². The van der Waals surface area contributed by atoms with E-state index < -0.39 is 21.6 Å². The molecule has 1 aromatic heterocycles. The molecule has 1 N–H and O–H groups in total. The van der Waals surface area contributed by atoms with Crippen molar-refractivity contribution in [1.82, 2.24) is 4.72 Å². The van der Waals surface area contributed by atoms with Gasteiger partial charge in [-0.15, -0.1) is 0 Å². The summed E-state index contributed by atoms with van der Waals surface area (Å²) in [5.41, 5.74) is 0.729. The quantitative estimate of drug-likeness (QED) is 0.133. The van der Waals surface area contributed by atoms with Crippen molar-refractivity contribution >= 4 is 37.7 Å². The molecule has 0 aliphatic heterocycles. The zero-order valence-electron chi connectivity index (χ0n) is 18.7. The van der Waals surface area contributed by atoms with Gasteiger partial charge in [-0.25, -0.2) is 17.9 Å². The Morgan fingerprint density at radius 2 is 1.65 bits per heavy atom. The van der Waals surface area contributed by atoms with Gasteiger partial charge in [-0.05, 0) is 55.8 Å². The SMILES string of the molecule is COc1ccc2c(c1)c(=O)oc1cc(OC(=O)CCCNS(=O)(=O)c3ccc(C)cc3)ccc12. The summed E-state index contributed by atoms with van der Waals surface area (Å²) in [5.74, 6) is 0.251. The fourth-order valence-electron chi connectivity index (χ4n) is 3.50. The van der Waals surface area contributed by atoms with Gasteiger partial charge in [0.05, 0.1) is 17.4 Å². The zero-order valence-corrected chi connectivity index (χ0v) is 19.5. The maximum atomic E-state index is 12.4. The van der Waals surface area contributed by atoms with Crippen molar-refractivity contribution in [3.05, 3.63) is 76.6 Å². The van der Waals surface area contributed by atoms with E-state index >= 15 is 0 Å². The predicted molar refractivity (Wildman–Crippen MR) is 128 cm³/mol. The van der Waals surface area contributed by atoms with E-state index in [0.29, 0.717) is 27.5 Å². The third-order valence-electron chi connectivity index (χ3n) is 5.31. The van der Waals surface area contributed by atoms with Crippen LogP contribution in [0.1, 0.15) is 18.4 Å². The van der Waals surface area contributed by atoms with E-state index in [1.807, 2.05) is 6.92 Å². The highest BCUT2D eigenvalue weighted by Crippen LogP contribution is 2.28. The second-order valence-corrected chi connectivity index (χ2v) is 9.51. The minimum Gasteiger partial charge on any atom is -0.497 e. The molecule has 0 aliphatic carbocycles. The fraction of sp³-hybridized carbons (Fsp3) is 0.200. The van der Waals surface area contributed by atoms with Crippen LogP contribution in [0.5, 0.6) is 11.5 Å². The van der Waals surface area contributed by atoms with Gasteiger partial charge in [-0.1, -0.05) is 17.7 Å². The Balaban J connectivity index is 1.38. The van der Waals surface area contributed by atoms with Crippen LogP contribution in [0.4, 0.5) is 0 Å². The summed E-state index contributed by atoms with van der Waals surface area (Å²) in [5, 5.41) is 1.79. The van der Waals surface area contributed by atoms with Crippen LogP contribution in [0.2, 0.25) is 0 Å². The molecule has 0 bridgehead atoms. The largest absolute Gasteiger partial charge is 0.497 e. The number of rotatable bonds is 8. The van der Waals surface area contributed by atoms with Gasteiger partial charge in [0.2, 0.25) is 10.0 Å². The van der Waals surface area contributed by atoms with Gasteiger partial charge >= 0.3 is 11.6 Å². The van der Waals surface area contributed by atoms with E-state index in [0.717, 1.165) is 5.56 Å². The third kappa shape index (κ3) is 5.11. The van der Waals surface area contributed by atoms with E-state index in [4.69, 9.17) is 13.9 Å². The van der Waals surface area contributed by atoms with E-state index in [9.17, 15) is 18.0 Å². The molecular formula is C25H23NO7S. The van der Waals surface area contributed by atoms with Crippen molar-refractivity contribution < 1.29 is 27.1 Å². The van der Waals surface area contributed by atoms with Gasteiger partial charge in [0.15, 0.2) is 0 Å². The minimum absolute atomic E-state index is 0.00984. The van der Waals surface area contributed by atoms with Gasteiger partial charge in [0, 0.05) is 29.8 Å². The lowest BCUT2D eigenvalue weighted by Crippen LogP contribution is -2.25. The molecule has 176 valence electrons. The Hall–Kier alpha value is -3.69. The molecule has 0 amide bonds. The third-order valence-corrected chi connectivity index (χ3v) is 6.78. The molecule has 9 heteroatoms.